The average Bonchev–Trinajstić information content (AvgIpc) is 2.25. The molecule has 0 aliphatic heterocycles. The van der Waals surface area contributed by atoms with Crippen LogP contribution in [0.25, 0.3) is 0 Å². The Morgan fingerprint density at radius 3 is 2.80 bits per heavy atom. The molecule has 1 unspecified atom stereocenters. The smallest absolute Gasteiger partial charge is 0.0299 e. The van der Waals surface area contributed by atoms with Crippen molar-refractivity contribution in [3.8, 4) is 0 Å². The van der Waals surface area contributed by atoms with Gasteiger partial charge in [-0.25, -0.2) is 0 Å². The lowest BCUT2D eigenvalue weighted by atomic mass is 9.98. The maximum Gasteiger partial charge on any atom is 0.0299 e. The van der Waals surface area contributed by atoms with E-state index in [1.807, 2.05) is 12.3 Å². The molecule has 0 aliphatic carbocycles. The Bertz CT molecular complexity index is 259. The number of hydrogen-bond acceptors (Lipinski definition) is 3. The Hall–Kier alpha value is -0.930. The summed E-state index contributed by atoms with van der Waals surface area (Å²) < 4.78 is 0. The van der Waals surface area contributed by atoms with Gasteiger partial charge in [0.1, 0.15) is 0 Å². The molecule has 0 radical (unpaired) electrons. The van der Waals surface area contributed by atoms with Crippen LogP contribution >= 0.6 is 0 Å². The van der Waals surface area contributed by atoms with Gasteiger partial charge in [0.25, 0.3) is 0 Å². The number of nitrogens with one attached hydrogen (secondary N) is 1. The lowest BCUT2D eigenvalue weighted by molar-refractivity contribution is 0.405. The van der Waals surface area contributed by atoms with Crippen LogP contribution in [-0.2, 0) is 6.42 Å². The highest BCUT2D eigenvalue weighted by atomic mass is 15.2. The fraction of sp³-hybridized carbons (Fsp3) is 0.583. The molecule has 1 aromatic heterocycles. The molecule has 3 heteroatoms. The summed E-state index contributed by atoms with van der Waals surface area (Å²) >= 11 is 0. The van der Waals surface area contributed by atoms with Crippen molar-refractivity contribution in [1.82, 2.24) is 10.4 Å². The van der Waals surface area contributed by atoms with Gasteiger partial charge in [-0.3, -0.25) is 16.3 Å². The Morgan fingerprint density at radius 1 is 1.47 bits per heavy atom. The standard InChI is InChI=1S/C12H21N3/c1-10(2)8-12(15-13)6-5-11-4-3-7-14-9-11/h3-4,7,9-10,12,15H,5-6,8,13H2,1-2H3. The van der Waals surface area contributed by atoms with Gasteiger partial charge in [0.2, 0.25) is 0 Å². The van der Waals surface area contributed by atoms with Crippen LogP contribution in [0.3, 0.4) is 0 Å². The van der Waals surface area contributed by atoms with E-state index in [0.717, 1.165) is 19.3 Å². The first-order valence-corrected chi connectivity index (χ1v) is 5.57. The normalized spacial score (nSPS) is 13.1. The van der Waals surface area contributed by atoms with Gasteiger partial charge in [0, 0.05) is 18.4 Å². The lowest BCUT2D eigenvalue weighted by Gasteiger charge is -2.17. The number of nitrogens with zero attached hydrogens (tertiary/aromatic N) is 1. The molecule has 0 aromatic carbocycles. The first-order valence-electron chi connectivity index (χ1n) is 5.57. The van der Waals surface area contributed by atoms with Crippen molar-refractivity contribution in [3.05, 3.63) is 30.1 Å². The molecule has 0 spiro atoms. The van der Waals surface area contributed by atoms with Crippen LogP contribution in [0.2, 0.25) is 0 Å². The van der Waals surface area contributed by atoms with Crippen molar-refractivity contribution >= 4 is 0 Å². The topological polar surface area (TPSA) is 50.9 Å². The van der Waals surface area contributed by atoms with E-state index >= 15 is 0 Å². The molecule has 0 saturated carbocycles. The van der Waals surface area contributed by atoms with Gasteiger partial charge in [-0.05, 0) is 36.8 Å². The van der Waals surface area contributed by atoms with Crippen molar-refractivity contribution in [2.24, 2.45) is 11.8 Å². The van der Waals surface area contributed by atoms with Gasteiger partial charge < -0.3 is 0 Å². The highest BCUT2D eigenvalue weighted by Gasteiger charge is 2.08. The SMILES string of the molecule is CC(C)CC(CCc1cccnc1)NN. The van der Waals surface area contributed by atoms with E-state index in [1.165, 1.54) is 5.56 Å². The minimum atomic E-state index is 0.408. The van der Waals surface area contributed by atoms with E-state index in [2.05, 4.69) is 30.3 Å². The first-order chi connectivity index (χ1) is 7.22. The van der Waals surface area contributed by atoms with E-state index in [-0.39, 0.29) is 0 Å². The second-order valence-electron chi connectivity index (χ2n) is 4.39. The predicted molar refractivity (Wildman–Crippen MR) is 63.1 cm³/mol. The number of hydrazine groups is 1. The molecule has 1 atom stereocenters. The Kier molecular flexibility index (Phi) is 5.29. The third-order valence-electron chi connectivity index (χ3n) is 2.50. The van der Waals surface area contributed by atoms with Crippen molar-refractivity contribution in [1.29, 1.82) is 0 Å². The van der Waals surface area contributed by atoms with Gasteiger partial charge in [-0.1, -0.05) is 19.9 Å². The van der Waals surface area contributed by atoms with E-state index in [1.54, 1.807) is 6.20 Å². The molecule has 0 amide bonds. The van der Waals surface area contributed by atoms with Crippen molar-refractivity contribution in [3.63, 3.8) is 0 Å². The molecule has 3 N–H and O–H groups in total. The fourth-order valence-corrected chi connectivity index (χ4v) is 1.73. The molecule has 84 valence electrons. The minimum absolute atomic E-state index is 0.408. The monoisotopic (exact) mass is 207 g/mol. The second kappa shape index (κ2) is 6.53. The van der Waals surface area contributed by atoms with Crippen LogP contribution in [0.1, 0.15) is 32.3 Å². The maximum atomic E-state index is 5.52. The number of aromatic nitrogens is 1. The maximum absolute atomic E-state index is 5.52. The zero-order valence-corrected chi connectivity index (χ0v) is 9.61. The zero-order chi connectivity index (χ0) is 11.1. The number of hydrogen-bond donors (Lipinski definition) is 2. The van der Waals surface area contributed by atoms with E-state index in [4.69, 9.17) is 5.84 Å². The third kappa shape index (κ3) is 4.91. The average molecular weight is 207 g/mol. The van der Waals surface area contributed by atoms with E-state index < -0.39 is 0 Å². The van der Waals surface area contributed by atoms with Gasteiger partial charge in [-0.15, -0.1) is 0 Å². The summed E-state index contributed by atoms with van der Waals surface area (Å²) in [5.41, 5.74) is 4.16. The Labute approximate surface area is 92.1 Å². The molecule has 0 fully saturated rings. The third-order valence-corrected chi connectivity index (χ3v) is 2.50. The van der Waals surface area contributed by atoms with Gasteiger partial charge in [0.15, 0.2) is 0 Å². The fourth-order valence-electron chi connectivity index (χ4n) is 1.73. The van der Waals surface area contributed by atoms with Crippen LogP contribution in [0.5, 0.6) is 0 Å². The molecule has 0 bridgehead atoms. The summed E-state index contributed by atoms with van der Waals surface area (Å²) in [5.74, 6) is 6.20. The molecule has 0 saturated heterocycles. The highest BCUT2D eigenvalue weighted by Crippen LogP contribution is 2.10. The molecule has 3 nitrogen and oxygen atoms in total. The van der Waals surface area contributed by atoms with Gasteiger partial charge in [-0.2, -0.15) is 0 Å². The van der Waals surface area contributed by atoms with Crippen LogP contribution in [0, 0.1) is 5.92 Å². The number of nitrogens with two attached hydrogens (primary N) is 1. The molecule has 1 rings (SSSR count). The van der Waals surface area contributed by atoms with E-state index in [9.17, 15) is 0 Å². The zero-order valence-electron chi connectivity index (χ0n) is 9.61. The molecule has 15 heavy (non-hydrogen) atoms. The second-order valence-corrected chi connectivity index (χ2v) is 4.39. The summed E-state index contributed by atoms with van der Waals surface area (Å²) in [4.78, 5) is 4.10. The summed E-state index contributed by atoms with van der Waals surface area (Å²) in [7, 11) is 0. The number of rotatable bonds is 6. The Balaban J connectivity index is 2.34. The molecule has 1 heterocycles. The van der Waals surface area contributed by atoms with E-state index in [0.29, 0.717) is 12.0 Å². The van der Waals surface area contributed by atoms with Crippen molar-refractivity contribution in [2.45, 2.75) is 39.2 Å². The quantitative estimate of drug-likeness (QED) is 0.553. The summed E-state index contributed by atoms with van der Waals surface area (Å²) in [6, 6.07) is 4.49. The summed E-state index contributed by atoms with van der Waals surface area (Å²) in [5, 5.41) is 0. The summed E-state index contributed by atoms with van der Waals surface area (Å²) in [6.07, 6.45) is 6.95. The minimum Gasteiger partial charge on any atom is -0.271 e. The van der Waals surface area contributed by atoms with Gasteiger partial charge >= 0.3 is 0 Å². The van der Waals surface area contributed by atoms with Crippen LogP contribution < -0.4 is 11.3 Å². The highest BCUT2D eigenvalue weighted by molar-refractivity contribution is 5.08. The largest absolute Gasteiger partial charge is 0.271 e. The van der Waals surface area contributed by atoms with Gasteiger partial charge in [0.05, 0.1) is 0 Å². The van der Waals surface area contributed by atoms with Crippen molar-refractivity contribution in [2.75, 3.05) is 0 Å². The van der Waals surface area contributed by atoms with Crippen LogP contribution in [-0.4, -0.2) is 11.0 Å². The first kappa shape index (κ1) is 12.1. The Morgan fingerprint density at radius 2 is 2.27 bits per heavy atom. The molecular weight excluding hydrogens is 186 g/mol. The van der Waals surface area contributed by atoms with Crippen LogP contribution in [0.15, 0.2) is 24.5 Å². The lowest BCUT2D eigenvalue weighted by Crippen LogP contribution is -2.36. The van der Waals surface area contributed by atoms with Crippen LogP contribution in [0.4, 0.5) is 0 Å². The number of aryl methyl sites for hydroxylation is 1. The van der Waals surface area contributed by atoms with Crippen molar-refractivity contribution < 1.29 is 0 Å². The number of pyridine rings is 1. The molecule has 0 aliphatic rings. The summed E-state index contributed by atoms with van der Waals surface area (Å²) in [6.45, 7) is 4.43. The molecular formula is C12H21N3. The molecule has 1 aromatic rings. The predicted octanol–water partition coefficient (Wildman–Crippen LogP) is 1.89.